The van der Waals surface area contributed by atoms with E-state index in [-0.39, 0.29) is 5.91 Å². The van der Waals surface area contributed by atoms with Crippen LogP contribution in [0.3, 0.4) is 0 Å². The fourth-order valence-electron chi connectivity index (χ4n) is 2.71. The highest BCUT2D eigenvalue weighted by Gasteiger charge is 2.06. The summed E-state index contributed by atoms with van der Waals surface area (Å²) < 4.78 is 0. The molecule has 0 aliphatic rings. The number of nitrogens with one attached hydrogen (secondary N) is 2. The van der Waals surface area contributed by atoms with Gasteiger partial charge < -0.3 is 10.6 Å². The van der Waals surface area contributed by atoms with Crippen molar-refractivity contribution in [2.45, 2.75) is 20.3 Å². The zero-order valence-corrected chi connectivity index (χ0v) is 13.8. The SMILES string of the molecule is Cc1cc(C)cc(NC(=O)CCNc2ncnc3ccccc23)c1. The van der Waals surface area contributed by atoms with E-state index in [0.717, 1.165) is 33.5 Å². The summed E-state index contributed by atoms with van der Waals surface area (Å²) in [6, 6.07) is 13.8. The molecule has 3 aromatic rings. The van der Waals surface area contributed by atoms with E-state index in [1.165, 1.54) is 6.33 Å². The normalized spacial score (nSPS) is 10.6. The standard InChI is InChI=1S/C19H20N4O/c1-13-9-14(2)11-15(10-13)23-18(24)7-8-20-19-16-5-3-4-6-17(16)21-12-22-19/h3-6,9-12H,7-8H2,1-2H3,(H,23,24)(H,20,21,22). The second-order valence-corrected chi connectivity index (χ2v) is 5.84. The quantitative estimate of drug-likeness (QED) is 0.752. The average Bonchev–Trinajstić information content (AvgIpc) is 2.54. The van der Waals surface area contributed by atoms with E-state index in [9.17, 15) is 4.79 Å². The molecule has 0 unspecified atom stereocenters. The van der Waals surface area contributed by atoms with Crippen molar-refractivity contribution in [3.8, 4) is 0 Å². The first-order chi connectivity index (χ1) is 11.6. The predicted octanol–water partition coefficient (Wildman–Crippen LogP) is 3.69. The molecule has 24 heavy (non-hydrogen) atoms. The third-order valence-corrected chi connectivity index (χ3v) is 3.69. The van der Waals surface area contributed by atoms with E-state index in [2.05, 4.69) is 26.7 Å². The molecule has 0 bridgehead atoms. The van der Waals surface area contributed by atoms with Gasteiger partial charge in [-0.2, -0.15) is 0 Å². The maximum Gasteiger partial charge on any atom is 0.226 e. The highest BCUT2D eigenvalue weighted by Crippen LogP contribution is 2.18. The molecular formula is C19H20N4O. The molecule has 2 aromatic carbocycles. The van der Waals surface area contributed by atoms with Crippen molar-refractivity contribution in [1.82, 2.24) is 9.97 Å². The van der Waals surface area contributed by atoms with Gasteiger partial charge in [0.05, 0.1) is 5.52 Å². The number of para-hydroxylation sites is 1. The number of rotatable bonds is 5. The van der Waals surface area contributed by atoms with Gasteiger partial charge in [-0.15, -0.1) is 0 Å². The summed E-state index contributed by atoms with van der Waals surface area (Å²) in [7, 11) is 0. The Balaban J connectivity index is 1.58. The molecule has 2 N–H and O–H groups in total. The molecular weight excluding hydrogens is 300 g/mol. The van der Waals surface area contributed by atoms with E-state index in [4.69, 9.17) is 0 Å². The molecule has 5 heteroatoms. The second kappa shape index (κ2) is 7.08. The van der Waals surface area contributed by atoms with E-state index < -0.39 is 0 Å². The molecule has 5 nitrogen and oxygen atoms in total. The third-order valence-electron chi connectivity index (χ3n) is 3.69. The summed E-state index contributed by atoms with van der Waals surface area (Å²) >= 11 is 0. The van der Waals surface area contributed by atoms with Gasteiger partial charge in [0.25, 0.3) is 0 Å². The number of carbonyl (C=O) groups excluding carboxylic acids is 1. The lowest BCUT2D eigenvalue weighted by molar-refractivity contribution is -0.115. The van der Waals surface area contributed by atoms with Crippen molar-refractivity contribution >= 4 is 28.3 Å². The highest BCUT2D eigenvalue weighted by atomic mass is 16.1. The van der Waals surface area contributed by atoms with Gasteiger partial charge in [0, 0.05) is 24.0 Å². The minimum Gasteiger partial charge on any atom is -0.369 e. The number of hydrogen-bond acceptors (Lipinski definition) is 4. The number of amides is 1. The van der Waals surface area contributed by atoms with Crippen molar-refractivity contribution < 1.29 is 4.79 Å². The fraction of sp³-hybridized carbons (Fsp3) is 0.211. The van der Waals surface area contributed by atoms with Gasteiger partial charge in [-0.05, 0) is 49.2 Å². The van der Waals surface area contributed by atoms with Gasteiger partial charge in [-0.1, -0.05) is 18.2 Å². The Morgan fingerprint density at radius 1 is 1.04 bits per heavy atom. The maximum atomic E-state index is 12.1. The van der Waals surface area contributed by atoms with E-state index in [0.29, 0.717) is 13.0 Å². The van der Waals surface area contributed by atoms with Crippen LogP contribution in [0.4, 0.5) is 11.5 Å². The van der Waals surface area contributed by atoms with E-state index >= 15 is 0 Å². The first kappa shape index (κ1) is 15.9. The number of hydrogen-bond donors (Lipinski definition) is 2. The molecule has 3 rings (SSSR count). The molecule has 0 spiro atoms. The van der Waals surface area contributed by atoms with E-state index in [1.54, 1.807) is 0 Å². The Labute approximate surface area is 141 Å². The van der Waals surface area contributed by atoms with Crippen LogP contribution in [0.15, 0.2) is 48.8 Å². The number of anilines is 2. The summed E-state index contributed by atoms with van der Waals surface area (Å²) in [5.74, 6) is 0.727. The lowest BCUT2D eigenvalue weighted by atomic mass is 10.1. The Morgan fingerprint density at radius 2 is 1.79 bits per heavy atom. The number of aryl methyl sites for hydroxylation is 2. The van der Waals surface area contributed by atoms with Crippen molar-refractivity contribution in [2.75, 3.05) is 17.2 Å². The third kappa shape index (κ3) is 3.87. The summed E-state index contributed by atoms with van der Waals surface area (Å²) in [6.07, 6.45) is 1.89. The van der Waals surface area contributed by atoms with Gasteiger partial charge in [0.2, 0.25) is 5.91 Å². The average molecular weight is 320 g/mol. The van der Waals surface area contributed by atoms with Crippen LogP contribution in [0.2, 0.25) is 0 Å². The van der Waals surface area contributed by atoms with Crippen LogP contribution >= 0.6 is 0 Å². The summed E-state index contributed by atoms with van der Waals surface area (Å²) in [5.41, 5.74) is 3.99. The lowest BCUT2D eigenvalue weighted by Crippen LogP contribution is -2.16. The second-order valence-electron chi connectivity index (χ2n) is 5.84. The fourth-order valence-corrected chi connectivity index (χ4v) is 2.71. The molecule has 0 radical (unpaired) electrons. The Hall–Kier alpha value is -2.95. The minimum absolute atomic E-state index is 0.0224. The molecule has 1 heterocycles. The smallest absolute Gasteiger partial charge is 0.226 e. The summed E-state index contributed by atoms with van der Waals surface area (Å²) in [6.45, 7) is 4.55. The molecule has 1 amide bonds. The highest BCUT2D eigenvalue weighted by molar-refractivity contribution is 5.92. The van der Waals surface area contributed by atoms with Crippen LogP contribution in [-0.4, -0.2) is 22.4 Å². The van der Waals surface area contributed by atoms with Crippen molar-refractivity contribution in [1.29, 1.82) is 0 Å². The number of fused-ring (bicyclic) bond motifs is 1. The van der Waals surface area contributed by atoms with Gasteiger partial charge >= 0.3 is 0 Å². The monoisotopic (exact) mass is 320 g/mol. The Morgan fingerprint density at radius 3 is 2.58 bits per heavy atom. The number of carbonyl (C=O) groups is 1. The van der Waals surface area contributed by atoms with Crippen LogP contribution in [-0.2, 0) is 4.79 Å². The van der Waals surface area contributed by atoms with Crippen LogP contribution in [0.25, 0.3) is 10.9 Å². The zero-order chi connectivity index (χ0) is 16.9. The molecule has 1 aromatic heterocycles. The molecule has 122 valence electrons. The molecule has 0 atom stereocenters. The zero-order valence-electron chi connectivity index (χ0n) is 13.8. The van der Waals surface area contributed by atoms with Gasteiger partial charge in [-0.25, -0.2) is 9.97 Å². The number of nitrogens with zero attached hydrogens (tertiary/aromatic N) is 2. The molecule has 0 saturated heterocycles. The molecule has 0 saturated carbocycles. The Bertz CT molecular complexity index is 851. The lowest BCUT2D eigenvalue weighted by Gasteiger charge is -2.09. The number of benzene rings is 2. The summed E-state index contributed by atoms with van der Waals surface area (Å²) in [4.78, 5) is 20.6. The van der Waals surface area contributed by atoms with Crippen molar-refractivity contribution in [3.05, 3.63) is 59.9 Å². The van der Waals surface area contributed by atoms with Gasteiger partial charge in [-0.3, -0.25) is 4.79 Å². The first-order valence-electron chi connectivity index (χ1n) is 7.93. The van der Waals surface area contributed by atoms with Crippen LogP contribution in [0, 0.1) is 13.8 Å². The molecule has 0 aliphatic carbocycles. The van der Waals surface area contributed by atoms with E-state index in [1.807, 2.05) is 50.2 Å². The first-order valence-corrected chi connectivity index (χ1v) is 7.93. The predicted molar refractivity (Wildman–Crippen MR) is 97.2 cm³/mol. The minimum atomic E-state index is -0.0224. The van der Waals surface area contributed by atoms with Crippen LogP contribution in [0.5, 0.6) is 0 Å². The molecule has 0 aliphatic heterocycles. The largest absolute Gasteiger partial charge is 0.369 e. The number of aromatic nitrogens is 2. The summed E-state index contributed by atoms with van der Waals surface area (Å²) in [5, 5.41) is 7.10. The van der Waals surface area contributed by atoms with Gasteiger partial charge in [0.1, 0.15) is 12.1 Å². The van der Waals surface area contributed by atoms with Crippen LogP contribution in [0.1, 0.15) is 17.5 Å². The molecule has 0 fully saturated rings. The Kier molecular flexibility index (Phi) is 4.70. The van der Waals surface area contributed by atoms with Crippen LogP contribution < -0.4 is 10.6 Å². The maximum absolute atomic E-state index is 12.1. The van der Waals surface area contributed by atoms with Gasteiger partial charge in [0.15, 0.2) is 0 Å². The van der Waals surface area contributed by atoms with Crippen molar-refractivity contribution in [2.24, 2.45) is 0 Å². The topological polar surface area (TPSA) is 66.9 Å². The van der Waals surface area contributed by atoms with Crippen molar-refractivity contribution in [3.63, 3.8) is 0 Å².